The van der Waals surface area contributed by atoms with E-state index >= 15 is 0 Å². The number of amides is 1. The molecule has 27 heavy (non-hydrogen) atoms. The number of rotatable bonds is 5. The molecular weight excluding hydrogens is 428 g/mol. The van der Waals surface area contributed by atoms with E-state index in [0.717, 1.165) is 11.3 Å². The van der Waals surface area contributed by atoms with Gasteiger partial charge in [-0.15, -0.1) is 6.42 Å². The van der Waals surface area contributed by atoms with Crippen molar-refractivity contribution in [3.8, 4) is 23.8 Å². The predicted molar refractivity (Wildman–Crippen MR) is 112 cm³/mol. The fraction of sp³-hybridized carbons (Fsp3) is 0.100. The van der Waals surface area contributed by atoms with Crippen LogP contribution in [0.1, 0.15) is 5.56 Å². The summed E-state index contributed by atoms with van der Waals surface area (Å²) in [7, 11) is 1.54. The maximum absolute atomic E-state index is 12.3. The number of hydrogen-bond acceptors (Lipinski definition) is 5. The molecule has 1 saturated heterocycles. The van der Waals surface area contributed by atoms with Crippen LogP contribution in [-0.2, 0) is 4.79 Å². The summed E-state index contributed by atoms with van der Waals surface area (Å²) >= 11 is 4.74. The molecule has 0 aromatic heterocycles. The average molecular weight is 443 g/mol. The lowest BCUT2D eigenvalue weighted by Crippen LogP contribution is -2.19. The molecule has 3 rings (SSSR count). The number of carbonyl (C=O) groups excluding carboxylic acids is 1. The van der Waals surface area contributed by atoms with Crippen LogP contribution in [-0.4, -0.2) is 24.8 Å². The lowest BCUT2D eigenvalue weighted by atomic mass is 10.2. The van der Waals surface area contributed by atoms with Crippen LogP contribution in [0, 0.1) is 12.3 Å². The van der Waals surface area contributed by atoms with Gasteiger partial charge in [-0.05, 0) is 63.6 Å². The normalized spacial score (nSPS) is 16.3. The van der Waals surface area contributed by atoms with Gasteiger partial charge in [0.1, 0.15) is 6.61 Å². The highest BCUT2D eigenvalue weighted by Gasteiger charge is 2.24. The minimum absolute atomic E-state index is 0.132. The van der Waals surface area contributed by atoms with Gasteiger partial charge in [-0.1, -0.05) is 24.1 Å². The van der Waals surface area contributed by atoms with Crippen LogP contribution in [0.4, 0.5) is 5.69 Å². The second kappa shape index (κ2) is 8.80. The number of nitrogens with one attached hydrogen (secondary N) is 1. The standard InChI is InChI=1S/C20H15BrN2O3S/c1-3-9-26-18-15(21)10-13(11-16(18)25-2)12-17-19(24)23-20(27-17)22-14-7-5-4-6-8-14/h1,4-8,10-12H,9H2,2H3,(H,22,23,24). The topological polar surface area (TPSA) is 59.9 Å². The Morgan fingerprint density at radius 1 is 1.33 bits per heavy atom. The van der Waals surface area contributed by atoms with Gasteiger partial charge < -0.3 is 14.8 Å². The molecule has 0 spiro atoms. The molecular formula is C20H15BrN2O3S. The molecule has 2 aromatic carbocycles. The molecule has 1 N–H and O–H groups in total. The molecule has 1 amide bonds. The Kier molecular flexibility index (Phi) is 6.22. The summed E-state index contributed by atoms with van der Waals surface area (Å²) < 4.78 is 11.6. The van der Waals surface area contributed by atoms with Crippen LogP contribution in [0.25, 0.3) is 6.08 Å². The third-order valence-electron chi connectivity index (χ3n) is 3.49. The van der Waals surface area contributed by atoms with E-state index < -0.39 is 0 Å². The van der Waals surface area contributed by atoms with E-state index in [0.29, 0.717) is 26.0 Å². The zero-order chi connectivity index (χ0) is 19.2. The summed E-state index contributed by atoms with van der Waals surface area (Å²) in [5.41, 5.74) is 1.56. The van der Waals surface area contributed by atoms with Gasteiger partial charge in [0.05, 0.1) is 22.2 Å². The summed E-state index contributed by atoms with van der Waals surface area (Å²) in [4.78, 5) is 17.2. The van der Waals surface area contributed by atoms with Gasteiger partial charge in [-0.2, -0.15) is 0 Å². The monoisotopic (exact) mass is 442 g/mol. The lowest BCUT2D eigenvalue weighted by molar-refractivity contribution is -0.115. The van der Waals surface area contributed by atoms with Crippen molar-refractivity contribution in [2.45, 2.75) is 0 Å². The SMILES string of the molecule is C#CCOc1c(Br)cc(C=C2SC(=Nc3ccccc3)NC2=O)cc1OC. The second-order valence-electron chi connectivity index (χ2n) is 5.34. The molecule has 136 valence electrons. The fourth-order valence-electron chi connectivity index (χ4n) is 2.33. The third kappa shape index (κ3) is 4.73. The fourth-order valence-corrected chi connectivity index (χ4v) is 3.74. The van der Waals surface area contributed by atoms with Gasteiger partial charge in [0, 0.05) is 0 Å². The Labute approximate surface area is 170 Å². The number of amidine groups is 1. The number of carbonyl (C=O) groups is 1. The van der Waals surface area contributed by atoms with Crippen molar-refractivity contribution in [2.24, 2.45) is 4.99 Å². The molecule has 1 fully saturated rings. The summed E-state index contributed by atoms with van der Waals surface area (Å²) in [6.07, 6.45) is 7.01. The van der Waals surface area contributed by atoms with E-state index in [2.05, 4.69) is 32.2 Å². The van der Waals surface area contributed by atoms with Crippen molar-refractivity contribution in [1.29, 1.82) is 0 Å². The first-order chi connectivity index (χ1) is 13.1. The number of aliphatic imine (C=N–C) groups is 1. The summed E-state index contributed by atoms with van der Waals surface area (Å²) in [6, 6.07) is 13.1. The number of benzene rings is 2. The van der Waals surface area contributed by atoms with E-state index in [4.69, 9.17) is 15.9 Å². The van der Waals surface area contributed by atoms with Gasteiger partial charge in [-0.25, -0.2) is 4.99 Å². The van der Waals surface area contributed by atoms with E-state index in [1.807, 2.05) is 36.4 Å². The van der Waals surface area contributed by atoms with Crippen LogP contribution in [0.15, 0.2) is 56.8 Å². The minimum atomic E-state index is -0.197. The van der Waals surface area contributed by atoms with Gasteiger partial charge in [-0.3, -0.25) is 4.79 Å². The van der Waals surface area contributed by atoms with Crippen molar-refractivity contribution in [1.82, 2.24) is 5.32 Å². The molecule has 1 heterocycles. The molecule has 1 aliphatic heterocycles. The van der Waals surface area contributed by atoms with E-state index in [1.54, 1.807) is 19.3 Å². The third-order valence-corrected chi connectivity index (χ3v) is 4.99. The molecule has 7 heteroatoms. The highest BCUT2D eigenvalue weighted by atomic mass is 79.9. The van der Waals surface area contributed by atoms with Gasteiger partial charge in [0.25, 0.3) is 5.91 Å². The van der Waals surface area contributed by atoms with Gasteiger partial charge >= 0.3 is 0 Å². The van der Waals surface area contributed by atoms with Crippen molar-refractivity contribution < 1.29 is 14.3 Å². The number of ether oxygens (including phenoxy) is 2. The predicted octanol–water partition coefficient (Wildman–Crippen LogP) is 4.36. The minimum Gasteiger partial charge on any atom is -0.493 e. The molecule has 2 aromatic rings. The van der Waals surface area contributed by atoms with Crippen molar-refractivity contribution in [2.75, 3.05) is 13.7 Å². The van der Waals surface area contributed by atoms with E-state index in [1.165, 1.54) is 11.8 Å². The van der Waals surface area contributed by atoms with Crippen LogP contribution in [0.2, 0.25) is 0 Å². The average Bonchev–Trinajstić information content (AvgIpc) is 3.00. The molecule has 5 nitrogen and oxygen atoms in total. The zero-order valence-electron chi connectivity index (χ0n) is 14.4. The number of halogens is 1. The number of methoxy groups -OCH3 is 1. The first kappa shape index (κ1) is 19.1. The molecule has 0 unspecified atom stereocenters. The number of thioether (sulfide) groups is 1. The van der Waals surface area contributed by atoms with Crippen LogP contribution in [0.3, 0.4) is 0 Å². The van der Waals surface area contributed by atoms with Crippen molar-refractivity contribution in [3.63, 3.8) is 0 Å². The Morgan fingerprint density at radius 2 is 2.11 bits per heavy atom. The summed E-state index contributed by atoms with van der Waals surface area (Å²) in [6.45, 7) is 0.132. The molecule has 0 saturated carbocycles. The number of hydrogen-bond donors (Lipinski definition) is 1. The van der Waals surface area contributed by atoms with Crippen LogP contribution >= 0.6 is 27.7 Å². The number of nitrogens with zero attached hydrogens (tertiary/aromatic N) is 1. The Bertz CT molecular complexity index is 965. The lowest BCUT2D eigenvalue weighted by Gasteiger charge is -2.12. The molecule has 0 aliphatic carbocycles. The van der Waals surface area contributed by atoms with Crippen molar-refractivity contribution >= 4 is 50.5 Å². The van der Waals surface area contributed by atoms with Gasteiger partial charge in [0.15, 0.2) is 16.7 Å². The largest absolute Gasteiger partial charge is 0.493 e. The maximum atomic E-state index is 12.3. The highest BCUT2D eigenvalue weighted by Crippen LogP contribution is 2.38. The highest BCUT2D eigenvalue weighted by molar-refractivity contribution is 9.10. The first-order valence-corrected chi connectivity index (χ1v) is 9.50. The Hall–Kier alpha value is -2.69. The van der Waals surface area contributed by atoms with Crippen LogP contribution < -0.4 is 14.8 Å². The summed E-state index contributed by atoms with van der Waals surface area (Å²) in [5.74, 6) is 3.26. The summed E-state index contributed by atoms with van der Waals surface area (Å²) in [5, 5.41) is 3.31. The van der Waals surface area contributed by atoms with Crippen LogP contribution in [0.5, 0.6) is 11.5 Å². The quantitative estimate of drug-likeness (QED) is 0.551. The number of para-hydroxylation sites is 1. The van der Waals surface area contributed by atoms with Crippen molar-refractivity contribution in [3.05, 3.63) is 57.4 Å². The zero-order valence-corrected chi connectivity index (χ0v) is 16.8. The van der Waals surface area contributed by atoms with E-state index in [-0.39, 0.29) is 12.5 Å². The Balaban J connectivity index is 1.86. The van der Waals surface area contributed by atoms with Gasteiger partial charge in [0.2, 0.25) is 0 Å². The molecule has 0 bridgehead atoms. The van der Waals surface area contributed by atoms with E-state index in [9.17, 15) is 4.79 Å². The Morgan fingerprint density at radius 3 is 2.81 bits per heavy atom. The maximum Gasteiger partial charge on any atom is 0.264 e. The number of terminal acetylenes is 1. The smallest absolute Gasteiger partial charge is 0.264 e. The molecule has 0 radical (unpaired) electrons. The second-order valence-corrected chi connectivity index (χ2v) is 7.23. The first-order valence-electron chi connectivity index (χ1n) is 7.89. The molecule has 1 aliphatic rings. The molecule has 0 atom stereocenters.